The van der Waals surface area contributed by atoms with Crippen molar-refractivity contribution in [3.8, 4) is 5.75 Å². The summed E-state index contributed by atoms with van der Waals surface area (Å²) < 4.78 is 5.39. The summed E-state index contributed by atoms with van der Waals surface area (Å²) >= 11 is 18.4. The summed E-state index contributed by atoms with van der Waals surface area (Å²) in [5, 5.41) is 15.3. The van der Waals surface area contributed by atoms with Gasteiger partial charge in [-0.05, 0) is 23.8 Å². The molecule has 0 spiro atoms. The van der Waals surface area contributed by atoms with Crippen molar-refractivity contribution in [1.82, 2.24) is 10.6 Å². The van der Waals surface area contributed by atoms with Crippen molar-refractivity contribution in [1.29, 1.82) is 5.41 Å². The van der Waals surface area contributed by atoms with E-state index < -0.39 is 11.9 Å². The number of amidine groups is 1. The van der Waals surface area contributed by atoms with Crippen LogP contribution >= 0.6 is 34.8 Å². The van der Waals surface area contributed by atoms with Crippen molar-refractivity contribution in [2.45, 2.75) is 12.6 Å². The fraction of sp³-hybridized carbons (Fsp3) is 0.130. The van der Waals surface area contributed by atoms with E-state index in [-0.39, 0.29) is 5.84 Å². The molecule has 3 rings (SSSR count). The van der Waals surface area contributed by atoms with Crippen molar-refractivity contribution in [2.24, 2.45) is 0 Å². The standard InChI is InChI=1S/C23H20Cl3N3O2/c1-31-21-16(8-5-9-18(21)25)13-28-20(15-10-11-17(24)19(26)12-15)23(30)29-22(27)14-6-3-2-4-7-14/h2-12,20,28H,13H2,1H3,(H2,27,29,30). The lowest BCUT2D eigenvalue weighted by Crippen LogP contribution is -2.40. The molecule has 1 unspecified atom stereocenters. The lowest BCUT2D eigenvalue weighted by molar-refractivity contribution is -0.121. The summed E-state index contributed by atoms with van der Waals surface area (Å²) in [5.74, 6) is 0.119. The van der Waals surface area contributed by atoms with Crippen LogP contribution < -0.4 is 15.4 Å². The molecular weight excluding hydrogens is 457 g/mol. The first-order valence-corrected chi connectivity index (χ1v) is 10.5. The van der Waals surface area contributed by atoms with Crippen molar-refractivity contribution >= 4 is 46.5 Å². The van der Waals surface area contributed by atoms with Gasteiger partial charge in [-0.15, -0.1) is 0 Å². The van der Waals surface area contributed by atoms with Crippen LogP contribution in [0.1, 0.15) is 22.7 Å². The molecule has 0 aliphatic rings. The number of rotatable bonds is 7. The summed E-state index contributed by atoms with van der Waals surface area (Å²) in [4.78, 5) is 13.1. The summed E-state index contributed by atoms with van der Waals surface area (Å²) in [6, 6.07) is 18.5. The Morgan fingerprint density at radius 3 is 2.39 bits per heavy atom. The Hall–Kier alpha value is -2.57. The molecule has 160 valence electrons. The van der Waals surface area contributed by atoms with E-state index in [9.17, 15) is 4.79 Å². The molecule has 0 saturated heterocycles. The molecule has 0 aliphatic heterocycles. The zero-order chi connectivity index (χ0) is 22.4. The maximum absolute atomic E-state index is 13.1. The molecule has 0 saturated carbocycles. The Bertz CT molecular complexity index is 1090. The summed E-state index contributed by atoms with van der Waals surface area (Å²) in [7, 11) is 1.54. The first-order valence-electron chi connectivity index (χ1n) is 9.35. The SMILES string of the molecule is COc1c(Cl)cccc1CNC(C(=O)NC(=N)c1ccccc1)c1ccc(Cl)c(Cl)c1. The second-order valence-corrected chi connectivity index (χ2v) is 7.87. The highest BCUT2D eigenvalue weighted by Crippen LogP contribution is 2.30. The number of methoxy groups -OCH3 is 1. The fourth-order valence-electron chi connectivity index (χ4n) is 3.06. The normalized spacial score (nSPS) is 11.6. The van der Waals surface area contributed by atoms with E-state index in [1.807, 2.05) is 12.1 Å². The third-order valence-corrected chi connectivity index (χ3v) is 5.64. The molecule has 31 heavy (non-hydrogen) atoms. The van der Waals surface area contributed by atoms with Crippen molar-refractivity contribution in [3.05, 3.63) is 98.5 Å². The predicted molar refractivity (Wildman–Crippen MR) is 125 cm³/mol. The van der Waals surface area contributed by atoms with E-state index in [1.165, 1.54) is 7.11 Å². The molecule has 0 aromatic heterocycles. The van der Waals surface area contributed by atoms with Gasteiger partial charge in [0.2, 0.25) is 5.91 Å². The maximum Gasteiger partial charge on any atom is 0.247 e. The number of carbonyl (C=O) groups excluding carboxylic acids is 1. The van der Waals surface area contributed by atoms with E-state index in [1.54, 1.807) is 54.6 Å². The predicted octanol–water partition coefficient (Wildman–Crippen LogP) is 5.63. The number of benzene rings is 3. The molecular formula is C23H20Cl3N3O2. The Labute approximate surface area is 195 Å². The van der Waals surface area contributed by atoms with Crippen molar-refractivity contribution in [2.75, 3.05) is 7.11 Å². The van der Waals surface area contributed by atoms with Gasteiger partial charge in [0.25, 0.3) is 0 Å². The van der Waals surface area contributed by atoms with E-state index in [0.717, 1.165) is 5.56 Å². The third-order valence-electron chi connectivity index (χ3n) is 4.60. The van der Waals surface area contributed by atoms with Crippen LogP contribution in [-0.4, -0.2) is 18.9 Å². The molecule has 1 amide bonds. The topological polar surface area (TPSA) is 74.2 Å². The molecule has 0 bridgehead atoms. The number of ether oxygens (including phenoxy) is 1. The molecule has 0 aliphatic carbocycles. The zero-order valence-electron chi connectivity index (χ0n) is 16.6. The monoisotopic (exact) mass is 475 g/mol. The number of nitrogens with one attached hydrogen (secondary N) is 3. The highest BCUT2D eigenvalue weighted by atomic mass is 35.5. The fourth-order valence-corrected chi connectivity index (χ4v) is 3.64. The van der Waals surface area contributed by atoms with Crippen LogP contribution in [0.3, 0.4) is 0 Å². The van der Waals surface area contributed by atoms with Crippen LogP contribution in [0.25, 0.3) is 0 Å². The van der Waals surface area contributed by atoms with Gasteiger partial charge in [0, 0.05) is 17.7 Å². The van der Waals surface area contributed by atoms with E-state index >= 15 is 0 Å². The summed E-state index contributed by atoms with van der Waals surface area (Å²) in [6.07, 6.45) is 0. The molecule has 5 nitrogen and oxygen atoms in total. The number of carbonyl (C=O) groups is 1. The minimum atomic E-state index is -0.803. The van der Waals surface area contributed by atoms with E-state index in [0.29, 0.717) is 38.5 Å². The van der Waals surface area contributed by atoms with Gasteiger partial charge in [-0.25, -0.2) is 0 Å². The van der Waals surface area contributed by atoms with Gasteiger partial charge in [0.1, 0.15) is 17.6 Å². The Balaban J connectivity index is 1.86. The molecule has 0 fully saturated rings. The van der Waals surface area contributed by atoms with Gasteiger partial charge in [-0.2, -0.15) is 0 Å². The summed E-state index contributed by atoms with van der Waals surface area (Å²) in [6.45, 7) is 0.292. The van der Waals surface area contributed by atoms with E-state index in [4.69, 9.17) is 44.9 Å². The van der Waals surface area contributed by atoms with Crippen molar-refractivity contribution in [3.63, 3.8) is 0 Å². The van der Waals surface area contributed by atoms with Crippen LogP contribution in [0.2, 0.25) is 15.1 Å². The number of hydrogen-bond acceptors (Lipinski definition) is 4. The van der Waals surface area contributed by atoms with Crippen LogP contribution in [0, 0.1) is 5.41 Å². The molecule has 3 aromatic carbocycles. The minimum Gasteiger partial charge on any atom is -0.495 e. The van der Waals surface area contributed by atoms with Crippen LogP contribution in [0.4, 0.5) is 0 Å². The van der Waals surface area contributed by atoms with Gasteiger partial charge in [-0.1, -0.05) is 83.3 Å². The van der Waals surface area contributed by atoms with Gasteiger partial charge in [0.15, 0.2) is 0 Å². The molecule has 3 aromatic rings. The van der Waals surface area contributed by atoms with Crippen LogP contribution in [0.5, 0.6) is 5.75 Å². The zero-order valence-corrected chi connectivity index (χ0v) is 18.9. The molecule has 0 radical (unpaired) electrons. The second-order valence-electron chi connectivity index (χ2n) is 6.65. The Kier molecular flexibility index (Phi) is 7.93. The quantitative estimate of drug-likeness (QED) is 0.306. The molecule has 8 heteroatoms. The van der Waals surface area contributed by atoms with Gasteiger partial charge >= 0.3 is 0 Å². The highest BCUT2D eigenvalue weighted by Gasteiger charge is 2.23. The van der Waals surface area contributed by atoms with Crippen LogP contribution in [-0.2, 0) is 11.3 Å². The lowest BCUT2D eigenvalue weighted by atomic mass is 10.0. The molecule has 3 N–H and O–H groups in total. The number of halogens is 3. The first-order chi connectivity index (χ1) is 14.9. The average molecular weight is 477 g/mol. The lowest BCUT2D eigenvalue weighted by Gasteiger charge is -2.21. The van der Waals surface area contributed by atoms with Gasteiger partial charge in [-0.3, -0.25) is 15.5 Å². The Morgan fingerprint density at radius 1 is 0.968 bits per heavy atom. The highest BCUT2D eigenvalue weighted by molar-refractivity contribution is 6.42. The molecule has 0 heterocycles. The second kappa shape index (κ2) is 10.6. The first kappa shape index (κ1) is 23.1. The third kappa shape index (κ3) is 5.77. The van der Waals surface area contributed by atoms with Gasteiger partial charge < -0.3 is 10.1 Å². The van der Waals surface area contributed by atoms with Crippen molar-refractivity contribution < 1.29 is 9.53 Å². The maximum atomic E-state index is 13.1. The van der Waals surface area contributed by atoms with Gasteiger partial charge in [0.05, 0.1) is 22.2 Å². The largest absolute Gasteiger partial charge is 0.495 e. The average Bonchev–Trinajstić information content (AvgIpc) is 2.77. The molecule has 1 atom stereocenters. The minimum absolute atomic E-state index is 0.00204. The number of hydrogen-bond donors (Lipinski definition) is 3. The number of amides is 1. The number of para-hydroxylation sites is 1. The summed E-state index contributed by atoms with van der Waals surface area (Å²) in [5.41, 5.74) is 1.99. The van der Waals surface area contributed by atoms with E-state index in [2.05, 4.69) is 10.6 Å². The smallest absolute Gasteiger partial charge is 0.247 e. The van der Waals surface area contributed by atoms with Crippen LogP contribution in [0.15, 0.2) is 66.7 Å². The Morgan fingerprint density at radius 2 is 1.71 bits per heavy atom.